The van der Waals surface area contributed by atoms with Crippen LogP contribution in [0.1, 0.15) is 31.2 Å². The van der Waals surface area contributed by atoms with E-state index in [2.05, 4.69) is 56.9 Å². The molecule has 1 unspecified atom stereocenters. The maximum absolute atomic E-state index is 12.5. The zero-order chi connectivity index (χ0) is 28.7. The Kier molecular flexibility index (Phi) is 8.81. The van der Waals surface area contributed by atoms with E-state index in [-0.39, 0.29) is 18.6 Å². The number of carbonyl (C=O) groups is 2. The summed E-state index contributed by atoms with van der Waals surface area (Å²) >= 11 is 0. The normalized spacial score (nSPS) is 18.7. The van der Waals surface area contributed by atoms with E-state index in [1.165, 1.54) is 42.8 Å². The van der Waals surface area contributed by atoms with E-state index in [9.17, 15) is 9.59 Å². The van der Waals surface area contributed by atoms with Crippen LogP contribution >= 0.6 is 0 Å². The number of amides is 2. The van der Waals surface area contributed by atoms with Crippen molar-refractivity contribution in [2.75, 3.05) is 56.2 Å². The minimum Gasteiger partial charge on any atom is -0.492 e. The van der Waals surface area contributed by atoms with Crippen molar-refractivity contribution in [3.63, 3.8) is 0 Å². The number of fused-ring (bicyclic) bond motifs is 1. The first-order valence-corrected chi connectivity index (χ1v) is 14.8. The zero-order valence-electron chi connectivity index (χ0n) is 23.7. The molecule has 0 radical (unpaired) electrons. The van der Waals surface area contributed by atoms with Crippen molar-refractivity contribution >= 4 is 23.6 Å². The summed E-state index contributed by atoms with van der Waals surface area (Å²) in [5.41, 5.74) is 3.46. The lowest BCUT2D eigenvalue weighted by Crippen LogP contribution is -2.33. The molecule has 220 valence electrons. The average Bonchev–Trinajstić information content (AvgIpc) is 3.40. The van der Waals surface area contributed by atoms with Gasteiger partial charge in [0.05, 0.1) is 6.54 Å². The highest BCUT2D eigenvalue weighted by Crippen LogP contribution is 2.30. The first-order chi connectivity index (χ1) is 20.6. The molecule has 1 atom stereocenters. The van der Waals surface area contributed by atoms with E-state index in [0.717, 1.165) is 23.4 Å². The van der Waals surface area contributed by atoms with Gasteiger partial charge in [-0.2, -0.15) is 0 Å². The Balaban J connectivity index is 0.966. The van der Waals surface area contributed by atoms with Gasteiger partial charge in [-0.05, 0) is 85.9 Å². The molecule has 0 aliphatic carbocycles. The van der Waals surface area contributed by atoms with Crippen molar-refractivity contribution in [1.29, 1.82) is 0 Å². The van der Waals surface area contributed by atoms with Gasteiger partial charge in [-0.3, -0.25) is 14.6 Å². The highest BCUT2D eigenvalue weighted by Gasteiger charge is 2.33. The number of hydrogen-bond donors (Lipinski definition) is 2. The number of hydrogen-bond acceptors (Lipinski definition) is 8. The number of nitrogens with zero attached hydrogens (tertiary/aromatic N) is 3. The van der Waals surface area contributed by atoms with Gasteiger partial charge >= 0.3 is 6.09 Å². The SMILES string of the molecule is O=C1COc2ccc(N3CC(CCNCc4cccc(-c5cccc(OCCN6CCCCC6)c5)c4)OC3=O)nc2N1. The second-order valence-electron chi connectivity index (χ2n) is 10.9. The van der Waals surface area contributed by atoms with Crippen LogP contribution in [0.4, 0.5) is 16.4 Å². The summed E-state index contributed by atoms with van der Waals surface area (Å²) in [6, 6.07) is 20.2. The summed E-state index contributed by atoms with van der Waals surface area (Å²) in [7, 11) is 0. The van der Waals surface area contributed by atoms with Crippen LogP contribution in [0.2, 0.25) is 0 Å². The van der Waals surface area contributed by atoms with E-state index in [1.54, 1.807) is 12.1 Å². The topological polar surface area (TPSA) is 105 Å². The number of carbonyl (C=O) groups excluding carboxylic acids is 2. The highest BCUT2D eigenvalue weighted by atomic mass is 16.6. The standard InChI is InChI=1S/C32H37N5O5/c38-30-22-41-28-10-11-29(34-31(28)35-30)37-21-27(42-32(37)39)12-13-33-20-23-6-4-7-24(18-23)25-8-5-9-26(19-25)40-17-16-36-14-2-1-3-15-36/h4-11,18-19,27,33H,1-3,12-17,20-22H2,(H,34,35,38). The van der Waals surface area contributed by atoms with E-state index in [1.807, 2.05) is 12.1 Å². The van der Waals surface area contributed by atoms with Crippen molar-refractivity contribution in [2.24, 2.45) is 0 Å². The maximum atomic E-state index is 12.5. The third kappa shape index (κ3) is 7.00. The fraction of sp³-hybridized carbons (Fsp3) is 0.406. The summed E-state index contributed by atoms with van der Waals surface area (Å²) in [6.07, 6.45) is 3.90. The molecular weight excluding hydrogens is 534 g/mol. The van der Waals surface area contributed by atoms with Crippen molar-refractivity contribution in [3.05, 3.63) is 66.2 Å². The largest absolute Gasteiger partial charge is 0.492 e. The van der Waals surface area contributed by atoms with E-state index in [4.69, 9.17) is 14.2 Å². The molecule has 6 rings (SSSR count). The quantitative estimate of drug-likeness (QED) is 0.326. The van der Waals surface area contributed by atoms with Gasteiger partial charge in [-0.25, -0.2) is 9.78 Å². The lowest BCUT2D eigenvalue weighted by atomic mass is 10.0. The number of piperidine rings is 1. The van der Waals surface area contributed by atoms with Gasteiger partial charge in [0.2, 0.25) is 0 Å². The minimum atomic E-state index is -0.444. The van der Waals surface area contributed by atoms with Crippen molar-refractivity contribution < 1.29 is 23.8 Å². The Labute approximate surface area is 246 Å². The van der Waals surface area contributed by atoms with Gasteiger partial charge in [-0.15, -0.1) is 0 Å². The van der Waals surface area contributed by atoms with Crippen LogP contribution in [0.15, 0.2) is 60.7 Å². The number of benzene rings is 2. The van der Waals surface area contributed by atoms with Crippen LogP contribution < -0.4 is 25.0 Å². The monoisotopic (exact) mass is 571 g/mol. The molecule has 0 bridgehead atoms. The molecule has 2 amide bonds. The van der Waals surface area contributed by atoms with Gasteiger partial charge in [0.25, 0.3) is 5.91 Å². The Morgan fingerprint density at radius 2 is 1.83 bits per heavy atom. The second-order valence-corrected chi connectivity index (χ2v) is 10.9. The third-order valence-electron chi connectivity index (χ3n) is 7.80. The van der Waals surface area contributed by atoms with Crippen molar-refractivity contribution in [3.8, 4) is 22.6 Å². The molecule has 0 saturated carbocycles. The maximum Gasteiger partial charge on any atom is 0.415 e. The summed E-state index contributed by atoms with van der Waals surface area (Å²) in [4.78, 5) is 32.5. The third-order valence-corrected chi connectivity index (χ3v) is 7.80. The van der Waals surface area contributed by atoms with Gasteiger partial charge in [0, 0.05) is 13.1 Å². The molecule has 3 aromatic rings. The van der Waals surface area contributed by atoms with Gasteiger partial charge in [0.15, 0.2) is 18.2 Å². The smallest absolute Gasteiger partial charge is 0.415 e. The number of rotatable bonds is 11. The molecule has 0 spiro atoms. The molecule has 2 N–H and O–H groups in total. The molecule has 10 nitrogen and oxygen atoms in total. The molecule has 10 heteroatoms. The van der Waals surface area contributed by atoms with Gasteiger partial charge in [0.1, 0.15) is 24.3 Å². The number of nitrogens with one attached hydrogen (secondary N) is 2. The number of pyridine rings is 1. The highest BCUT2D eigenvalue weighted by molar-refractivity contribution is 5.95. The predicted octanol–water partition coefficient (Wildman–Crippen LogP) is 4.45. The summed E-state index contributed by atoms with van der Waals surface area (Å²) < 4.78 is 17.0. The lowest BCUT2D eigenvalue weighted by molar-refractivity contribution is -0.118. The number of ether oxygens (including phenoxy) is 3. The minimum absolute atomic E-state index is 0.0413. The van der Waals surface area contributed by atoms with Crippen LogP contribution in [0.3, 0.4) is 0 Å². The van der Waals surface area contributed by atoms with E-state index in [0.29, 0.717) is 50.0 Å². The lowest BCUT2D eigenvalue weighted by Gasteiger charge is -2.26. The summed E-state index contributed by atoms with van der Waals surface area (Å²) in [6.45, 7) is 5.79. The Morgan fingerprint density at radius 1 is 1.00 bits per heavy atom. The molecule has 3 aliphatic rings. The van der Waals surface area contributed by atoms with Crippen LogP contribution in [0, 0.1) is 0 Å². The van der Waals surface area contributed by atoms with Crippen LogP contribution in [0.25, 0.3) is 11.1 Å². The number of likely N-dealkylation sites (tertiary alicyclic amines) is 1. The Bertz CT molecular complexity index is 1410. The summed E-state index contributed by atoms with van der Waals surface area (Å²) in [5.74, 6) is 1.85. The van der Waals surface area contributed by atoms with Crippen molar-refractivity contribution in [2.45, 2.75) is 38.3 Å². The van der Waals surface area contributed by atoms with Crippen molar-refractivity contribution in [1.82, 2.24) is 15.2 Å². The second kappa shape index (κ2) is 13.2. The van der Waals surface area contributed by atoms with E-state index >= 15 is 0 Å². The Hall–Kier alpha value is -4.15. The molecule has 2 aromatic carbocycles. The average molecular weight is 572 g/mol. The number of anilines is 2. The Morgan fingerprint density at radius 3 is 2.71 bits per heavy atom. The molecular formula is C32H37N5O5. The molecule has 1 aromatic heterocycles. The zero-order valence-corrected chi connectivity index (χ0v) is 23.7. The molecule has 4 heterocycles. The fourth-order valence-corrected chi connectivity index (χ4v) is 5.56. The first kappa shape index (κ1) is 28.0. The molecule has 3 aliphatic heterocycles. The number of aromatic nitrogens is 1. The van der Waals surface area contributed by atoms with Crippen LogP contribution in [-0.4, -0.2) is 73.9 Å². The van der Waals surface area contributed by atoms with Gasteiger partial charge < -0.3 is 24.8 Å². The molecule has 42 heavy (non-hydrogen) atoms. The van der Waals surface area contributed by atoms with Crippen LogP contribution in [0.5, 0.6) is 11.5 Å². The summed E-state index contributed by atoms with van der Waals surface area (Å²) in [5, 5.41) is 6.15. The predicted molar refractivity (Wildman–Crippen MR) is 160 cm³/mol. The van der Waals surface area contributed by atoms with E-state index < -0.39 is 6.09 Å². The molecule has 2 fully saturated rings. The first-order valence-electron chi connectivity index (χ1n) is 14.8. The fourth-order valence-electron chi connectivity index (χ4n) is 5.56. The van der Waals surface area contributed by atoms with Gasteiger partial charge in [-0.1, -0.05) is 36.8 Å². The molecule has 2 saturated heterocycles. The van der Waals surface area contributed by atoms with Crippen LogP contribution in [-0.2, 0) is 16.1 Å². The number of cyclic esters (lactones) is 1.